The number of rotatable bonds is 4. The normalized spacial score (nSPS) is 10.0. The molecule has 1 aromatic rings. The largest absolute Gasteiger partial charge is 0.295 e. The number of nitrogens with zero attached hydrogens (tertiary/aromatic N) is 1. The summed E-state index contributed by atoms with van der Waals surface area (Å²) in [6.07, 6.45) is 1.51. The molecule has 0 spiro atoms. The summed E-state index contributed by atoms with van der Waals surface area (Å²) in [6.45, 7) is 3.36. The molecule has 0 atom stereocenters. The zero-order chi connectivity index (χ0) is 11.4. The van der Waals surface area contributed by atoms with Crippen LogP contribution in [0.5, 0.6) is 0 Å². The quantitative estimate of drug-likeness (QED) is 0.433. The Labute approximate surface area is 88.1 Å². The van der Waals surface area contributed by atoms with E-state index in [2.05, 4.69) is 0 Å². The maximum Gasteiger partial charge on any atom is 0.273 e. The lowest BCUT2D eigenvalue weighted by molar-refractivity contribution is -0.385. The van der Waals surface area contributed by atoms with E-state index in [0.717, 1.165) is 6.42 Å². The number of Topliss-reactive ketones (excluding diaryl/α,β-unsaturated/α-hetero) is 1. The molecular weight excluding hydrogens is 194 g/mol. The molecule has 4 nitrogen and oxygen atoms in total. The van der Waals surface area contributed by atoms with Crippen molar-refractivity contribution in [1.29, 1.82) is 0 Å². The van der Waals surface area contributed by atoms with Gasteiger partial charge in [-0.25, -0.2) is 0 Å². The van der Waals surface area contributed by atoms with Crippen molar-refractivity contribution < 1.29 is 9.72 Å². The minimum Gasteiger partial charge on any atom is -0.295 e. The first-order valence-corrected chi connectivity index (χ1v) is 4.84. The Morgan fingerprint density at radius 2 is 2.13 bits per heavy atom. The predicted octanol–water partition coefficient (Wildman–Crippen LogP) is 2.75. The number of ketones is 1. The van der Waals surface area contributed by atoms with Gasteiger partial charge in [0.15, 0.2) is 5.78 Å². The molecule has 1 aromatic carbocycles. The highest BCUT2D eigenvalue weighted by molar-refractivity contribution is 5.94. The minimum absolute atomic E-state index is 0.0459. The van der Waals surface area contributed by atoms with Crippen LogP contribution in [-0.2, 0) is 6.42 Å². The summed E-state index contributed by atoms with van der Waals surface area (Å²) in [6, 6.07) is 4.66. The molecule has 0 fully saturated rings. The van der Waals surface area contributed by atoms with Crippen molar-refractivity contribution in [3.8, 4) is 0 Å². The Kier molecular flexibility index (Phi) is 3.55. The van der Waals surface area contributed by atoms with Crippen molar-refractivity contribution in [2.75, 3.05) is 0 Å². The van der Waals surface area contributed by atoms with Crippen molar-refractivity contribution in [2.45, 2.75) is 26.7 Å². The van der Waals surface area contributed by atoms with Crippen LogP contribution in [0.3, 0.4) is 0 Å². The number of aryl methyl sites for hydroxylation is 1. The van der Waals surface area contributed by atoms with Gasteiger partial charge in [0.25, 0.3) is 5.69 Å². The lowest BCUT2D eigenvalue weighted by atomic mass is 10.0. The molecule has 0 radical (unpaired) electrons. The maximum absolute atomic E-state index is 11.1. The summed E-state index contributed by atoms with van der Waals surface area (Å²) in [4.78, 5) is 21.4. The van der Waals surface area contributed by atoms with Gasteiger partial charge >= 0.3 is 0 Å². The second-order valence-electron chi connectivity index (χ2n) is 3.41. The zero-order valence-corrected chi connectivity index (χ0v) is 8.82. The predicted molar refractivity (Wildman–Crippen MR) is 57.1 cm³/mol. The van der Waals surface area contributed by atoms with Crippen molar-refractivity contribution in [3.05, 3.63) is 39.4 Å². The van der Waals surface area contributed by atoms with Gasteiger partial charge < -0.3 is 0 Å². The van der Waals surface area contributed by atoms with Crippen LogP contribution in [0.4, 0.5) is 5.69 Å². The maximum atomic E-state index is 11.1. The van der Waals surface area contributed by atoms with Gasteiger partial charge in [0.1, 0.15) is 0 Å². The van der Waals surface area contributed by atoms with Crippen LogP contribution >= 0.6 is 0 Å². The fourth-order valence-electron chi connectivity index (χ4n) is 1.43. The smallest absolute Gasteiger partial charge is 0.273 e. The number of nitro groups is 1. The SMILES string of the molecule is CCCc1ccc(C(C)=O)cc1[N+](=O)[O-]. The van der Waals surface area contributed by atoms with Gasteiger partial charge in [-0.1, -0.05) is 25.5 Å². The fraction of sp³-hybridized carbons (Fsp3) is 0.364. The van der Waals surface area contributed by atoms with E-state index >= 15 is 0 Å². The van der Waals surface area contributed by atoms with E-state index in [1.807, 2.05) is 6.92 Å². The van der Waals surface area contributed by atoms with Gasteiger partial charge in [-0.15, -0.1) is 0 Å². The molecular formula is C11H13NO3. The van der Waals surface area contributed by atoms with Crippen molar-refractivity contribution in [2.24, 2.45) is 0 Å². The standard InChI is InChI=1S/C11H13NO3/c1-3-4-9-5-6-10(8(2)13)7-11(9)12(14)15/h5-7H,3-4H2,1-2H3. The molecule has 4 heteroatoms. The highest BCUT2D eigenvalue weighted by atomic mass is 16.6. The molecule has 0 aliphatic heterocycles. The van der Waals surface area contributed by atoms with Crippen LogP contribution in [0.15, 0.2) is 18.2 Å². The van der Waals surface area contributed by atoms with Crippen LogP contribution < -0.4 is 0 Å². The number of hydrogen-bond acceptors (Lipinski definition) is 3. The molecule has 0 N–H and O–H groups in total. The number of benzene rings is 1. The minimum atomic E-state index is -0.433. The van der Waals surface area contributed by atoms with Crippen LogP contribution in [0.1, 0.15) is 36.2 Å². The van der Waals surface area contributed by atoms with Crippen molar-refractivity contribution in [1.82, 2.24) is 0 Å². The fourth-order valence-corrected chi connectivity index (χ4v) is 1.43. The molecule has 0 saturated heterocycles. The van der Waals surface area contributed by atoms with E-state index in [1.165, 1.54) is 13.0 Å². The summed E-state index contributed by atoms with van der Waals surface area (Å²) in [5.41, 5.74) is 1.12. The van der Waals surface area contributed by atoms with Crippen molar-refractivity contribution >= 4 is 11.5 Å². The van der Waals surface area contributed by atoms with Crippen LogP contribution in [0.2, 0.25) is 0 Å². The number of nitro benzene ring substituents is 1. The molecule has 0 saturated carbocycles. The summed E-state index contributed by atoms with van der Waals surface area (Å²) in [5.74, 6) is -0.152. The number of carbonyl (C=O) groups excluding carboxylic acids is 1. The van der Waals surface area contributed by atoms with E-state index < -0.39 is 4.92 Å². The molecule has 0 aliphatic carbocycles. The molecule has 15 heavy (non-hydrogen) atoms. The van der Waals surface area contributed by atoms with Crippen LogP contribution in [0, 0.1) is 10.1 Å². The lowest BCUT2D eigenvalue weighted by Gasteiger charge is -2.02. The third-order valence-electron chi connectivity index (χ3n) is 2.21. The highest BCUT2D eigenvalue weighted by Crippen LogP contribution is 2.21. The monoisotopic (exact) mass is 207 g/mol. The van der Waals surface area contributed by atoms with E-state index in [0.29, 0.717) is 17.5 Å². The average Bonchev–Trinajstić information content (AvgIpc) is 2.18. The van der Waals surface area contributed by atoms with Gasteiger partial charge in [0.2, 0.25) is 0 Å². The zero-order valence-electron chi connectivity index (χ0n) is 8.82. The Morgan fingerprint density at radius 3 is 2.60 bits per heavy atom. The molecule has 0 heterocycles. The molecule has 0 unspecified atom stereocenters. The van der Waals surface area contributed by atoms with E-state index in [-0.39, 0.29) is 11.5 Å². The summed E-state index contributed by atoms with van der Waals surface area (Å²) in [5, 5.41) is 10.8. The van der Waals surface area contributed by atoms with Crippen LogP contribution in [-0.4, -0.2) is 10.7 Å². The Bertz CT molecular complexity index is 399. The highest BCUT2D eigenvalue weighted by Gasteiger charge is 2.14. The Morgan fingerprint density at radius 1 is 1.47 bits per heavy atom. The van der Waals surface area contributed by atoms with Crippen molar-refractivity contribution in [3.63, 3.8) is 0 Å². The summed E-state index contributed by atoms with van der Waals surface area (Å²) >= 11 is 0. The molecule has 80 valence electrons. The molecule has 0 amide bonds. The van der Waals surface area contributed by atoms with Crippen LogP contribution in [0.25, 0.3) is 0 Å². The summed E-state index contributed by atoms with van der Waals surface area (Å²) in [7, 11) is 0. The first-order chi connectivity index (χ1) is 7.06. The van der Waals surface area contributed by atoms with E-state index in [4.69, 9.17) is 0 Å². The Hall–Kier alpha value is -1.71. The third-order valence-corrected chi connectivity index (χ3v) is 2.21. The molecule has 0 aromatic heterocycles. The van der Waals surface area contributed by atoms with Gasteiger partial charge in [-0.05, 0) is 13.3 Å². The van der Waals surface area contributed by atoms with Gasteiger partial charge in [0, 0.05) is 17.2 Å². The first kappa shape index (κ1) is 11.4. The van der Waals surface area contributed by atoms with Gasteiger partial charge in [-0.3, -0.25) is 14.9 Å². The molecule has 1 rings (SSSR count). The lowest BCUT2D eigenvalue weighted by Crippen LogP contribution is -1.99. The topological polar surface area (TPSA) is 60.2 Å². The third kappa shape index (κ3) is 2.62. The summed E-state index contributed by atoms with van der Waals surface area (Å²) < 4.78 is 0. The molecule has 0 bridgehead atoms. The second kappa shape index (κ2) is 4.68. The number of hydrogen-bond donors (Lipinski definition) is 0. The van der Waals surface area contributed by atoms with E-state index in [9.17, 15) is 14.9 Å². The second-order valence-corrected chi connectivity index (χ2v) is 3.41. The number of carbonyl (C=O) groups is 1. The van der Waals surface area contributed by atoms with Gasteiger partial charge in [0.05, 0.1) is 4.92 Å². The van der Waals surface area contributed by atoms with E-state index in [1.54, 1.807) is 12.1 Å². The molecule has 0 aliphatic rings. The average molecular weight is 207 g/mol. The van der Waals surface area contributed by atoms with Gasteiger partial charge in [-0.2, -0.15) is 0 Å². The first-order valence-electron chi connectivity index (χ1n) is 4.84. The Balaban J connectivity index is 3.20.